The van der Waals surface area contributed by atoms with E-state index in [0.29, 0.717) is 31.8 Å². The van der Waals surface area contributed by atoms with Crippen molar-refractivity contribution >= 4 is 5.97 Å². The Balaban J connectivity index is 1.68. The molecule has 0 aliphatic carbocycles. The zero-order valence-corrected chi connectivity index (χ0v) is 13.1. The standard InChI is InChI=1S/C16H28N2O3/c1-13-9-17-7-3-2-5-14(17)10-18(13)11-16(15(19)20)6-4-8-21-12-16/h13-14H,2-12H2,1H3,(H,19,20). The van der Waals surface area contributed by atoms with Crippen LogP contribution in [0.2, 0.25) is 0 Å². The van der Waals surface area contributed by atoms with Crippen molar-refractivity contribution in [1.82, 2.24) is 9.80 Å². The van der Waals surface area contributed by atoms with Gasteiger partial charge in [0.1, 0.15) is 5.41 Å². The molecule has 0 aromatic carbocycles. The minimum Gasteiger partial charge on any atom is -0.481 e. The van der Waals surface area contributed by atoms with Crippen LogP contribution in [0, 0.1) is 5.41 Å². The first-order valence-corrected chi connectivity index (χ1v) is 8.40. The third-order valence-corrected chi connectivity index (χ3v) is 5.60. The maximum absolute atomic E-state index is 11.8. The first-order chi connectivity index (χ1) is 10.1. The van der Waals surface area contributed by atoms with Crippen LogP contribution in [0.5, 0.6) is 0 Å². The lowest BCUT2D eigenvalue weighted by Crippen LogP contribution is -2.61. The van der Waals surface area contributed by atoms with Gasteiger partial charge in [-0.1, -0.05) is 6.42 Å². The van der Waals surface area contributed by atoms with Crippen LogP contribution in [-0.4, -0.2) is 72.4 Å². The molecule has 0 bridgehead atoms. The van der Waals surface area contributed by atoms with Gasteiger partial charge in [-0.15, -0.1) is 0 Å². The summed E-state index contributed by atoms with van der Waals surface area (Å²) in [5.41, 5.74) is -0.691. The second-order valence-corrected chi connectivity index (χ2v) is 7.16. The van der Waals surface area contributed by atoms with Gasteiger partial charge in [-0.3, -0.25) is 14.6 Å². The van der Waals surface area contributed by atoms with E-state index < -0.39 is 11.4 Å². The lowest BCUT2D eigenvalue weighted by atomic mass is 9.81. The normalized spacial score (nSPS) is 38.9. The summed E-state index contributed by atoms with van der Waals surface area (Å²) in [4.78, 5) is 16.8. The number of piperazine rings is 1. The monoisotopic (exact) mass is 296 g/mol. The van der Waals surface area contributed by atoms with E-state index >= 15 is 0 Å². The summed E-state index contributed by atoms with van der Waals surface area (Å²) in [6.45, 7) is 7.30. The minimum absolute atomic E-state index is 0.375. The highest BCUT2D eigenvalue weighted by Crippen LogP contribution is 2.33. The van der Waals surface area contributed by atoms with E-state index in [2.05, 4.69) is 16.7 Å². The zero-order valence-electron chi connectivity index (χ0n) is 13.1. The largest absolute Gasteiger partial charge is 0.481 e. The van der Waals surface area contributed by atoms with Gasteiger partial charge in [0, 0.05) is 38.3 Å². The van der Waals surface area contributed by atoms with Gasteiger partial charge >= 0.3 is 5.97 Å². The number of hydrogen-bond acceptors (Lipinski definition) is 4. The number of rotatable bonds is 3. The molecule has 3 atom stereocenters. The van der Waals surface area contributed by atoms with Crippen molar-refractivity contribution in [2.75, 3.05) is 39.4 Å². The Labute approximate surface area is 127 Å². The van der Waals surface area contributed by atoms with Gasteiger partial charge in [-0.25, -0.2) is 0 Å². The summed E-state index contributed by atoms with van der Waals surface area (Å²) < 4.78 is 5.51. The molecule has 3 aliphatic heterocycles. The molecule has 120 valence electrons. The van der Waals surface area contributed by atoms with Gasteiger partial charge in [0.2, 0.25) is 0 Å². The molecule has 0 saturated carbocycles. The van der Waals surface area contributed by atoms with Gasteiger partial charge in [0.25, 0.3) is 0 Å². The van der Waals surface area contributed by atoms with Crippen molar-refractivity contribution in [3.05, 3.63) is 0 Å². The Kier molecular flexibility index (Phi) is 4.52. The molecule has 3 unspecified atom stereocenters. The van der Waals surface area contributed by atoms with Gasteiger partial charge in [0.05, 0.1) is 6.61 Å². The molecule has 0 amide bonds. The number of fused-ring (bicyclic) bond motifs is 1. The summed E-state index contributed by atoms with van der Waals surface area (Å²) >= 11 is 0. The van der Waals surface area contributed by atoms with Gasteiger partial charge in [-0.05, 0) is 39.2 Å². The number of carboxylic acids is 1. The second-order valence-electron chi connectivity index (χ2n) is 7.16. The molecule has 5 heteroatoms. The van der Waals surface area contributed by atoms with E-state index in [1.54, 1.807) is 0 Å². The van der Waals surface area contributed by atoms with Crippen LogP contribution in [0.3, 0.4) is 0 Å². The summed E-state index contributed by atoms with van der Waals surface area (Å²) in [7, 11) is 0. The minimum atomic E-state index is -0.691. The molecule has 1 N–H and O–H groups in total. The molecule has 0 spiro atoms. The maximum Gasteiger partial charge on any atom is 0.313 e. The third-order valence-electron chi connectivity index (χ3n) is 5.60. The Morgan fingerprint density at radius 1 is 1.33 bits per heavy atom. The van der Waals surface area contributed by atoms with E-state index in [1.807, 2.05) is 0 Å². The van der Waals surface area contributed by atoms with Crippen molar-refractivity contribution in [1.29, 1.82) is 0 Å². The first kappa shape index (κ1) is 15.3. The van der Waals surface area contributed by atoms with Crippen LogP contribution in [-0.2, 0) is 9.53 Å². The summed E-state index contributed by atoms with van der Waals surface area (Å²) in [5.74, 6) is -0.680. The Bertz CT molecular complexity index is 382. The maximum atomic E-state index is 11.8. The number of carbonyl (C=O) groups is 1. The highest BCUT2D eigenvalue weighted by atomic mass is 16.5. The first-order valence-electron chi connectivity index (χ1n) is 8.40. The topological polar surface area (TPSA) is 53.0 Å². The summed E-state index contributed by atoms with van der Waals surface area (Å²) in [6, 6.07) is 1.07. The molecular formula is C16H28N2O3. The number of carboxylic acid groups (broad SMARTS) is 1. The molecule has 3 rings (SSSR count). The Morgan fingerprint density at radius 3 is 2.90 bits per heavy atom. The number of piperidine rings is 1. The number of nitrogens with zero attached hydrogens (tertiary/aromatic N) is 2. The van der Waals surface area contributed by atoms with Crippen LogP contribution in [0.25, 0.3) is 0 Å². The van der Waals surface area contributed by atoms with Crippen molar-refractivity contribution in [2.45, 2.75) is 51.1 Å². The quantitative estimate of drug-likeness (QED) is 0.854. The summed E-state index contributed by atoms with van der Waals surface area (Å²) in [5, 5.41) is 9.72. The van der Waals surface area contributed by atoms with Crippen LogP contribution in [0.15, 0.2) is 0 Å². The molecule has 5 nitrogen and oxygen atoms in total. The van der Waals surface area contributed by atoms with Crippen molar-refractivity contribution in [2.24, 2.45) is 5.41 Å². The predicted molar refractivity (Wildman–Crippen MR) is 80.4 cm³/mol. The molecule has 0 radical (unpaired) electrons. The highest BCUT2D eigenvalue weighted by Gasteiger charge is 2.44. The van der Waals surface area contributed by atoms with Gasteiger partial charge in [-0.2, -0.15) is 0 Å². The molecule has 0 aromatic rings. The van der Waals surface area contributed by atoms with Crippen LogP contribution < -0.4 is 0 Å². The molecule has 0 aromatic heterocycles. The molecule has 21 heavy (non-hydrogen) atoms. The molecule has 3 fully saturated rings. The average Bonchev–Trinajstić information content (AvgIpc) is 2.49. The van der Waals surface area contributed by atoms with Crippen molar-refractivity contribution < 1.29 is 14.6 Å². The zero-order chi connectivity index (χ0) is 14.9. The van der Waals surface area contributed by atoms with E-state index in [4.69, 9.17) is 4.74 Å². The van der Waals surface area contributed by atoms with Crippen LogP contribution in [0.4, 0.5) is 0 Å². The number of aliphatic carboxylic acids is 1. The lowest BCUT2D eigenvalue weighted by Gasteiger charge is -2.49. The van der Waals surface area contributed by atoms with Crippen molar-refractivity contribution in [3.63, 3.8) is 0 Å². The molecule has 3 aliphatic rings. The molecular weight excluding hydrogens is 268 g/mol. The van der Waals surface area contributed by atoms with Crippen LogP contribution >= 0.6 is 0 Å². The summed E-state index contributed by atoms with van der Waals surface area (Å²) in [6.07, 6.45) is 5.51. The fraction of sp³-hybridized carbons (Fsp3) is 0.938. The van der Waals surface area contributed by atoms with Gasteiger partial charge in [0.15, 0.2) is 0 Å². The van der Waals surface area contributed by atoms with Crippen molar-refractivity contribution in [3.8, 4) is 0 Å². The number of ether oxygens (including phenoxy) is 1. The second kappa shape index (κ2) is 6.23. The SMILES string of the molecule is CC1CN2CCCCC2CN1CC1(C(=O)O)CCCOC1. The fourth-order valence-corrected chi connectivity index (χ4v) is 4.24. The lowest BCUT2D eigenvalue weighted by molar-refractivity contribution is -0.161. The highest BCUT2D eigenvalue weighted by molar-refractivity contribution is 5.75. The van der Waals surface area contributed by atoms with E-state index in [1.165, 1.54) is 25.8 Å². The van der Waals surface area contributed by atoms with E-state index in [0.717, 1.165) is 25.9 Å². The molecule has 3 saturated heterocycles. The third kappa shape index (κ3) is 3.10. The van der Waals surface area contributed by atoms with E-state index in [9.17, 15) is 9.90 Å². The van der Waals surface area contributed by atoms with Crippen LogP contribution in [0.1, 0.15) is 39.0 Å². The Morgan fingerprint density at radius 2 is 2.19 bits per heavy atom. The molecule has 3 heterocycles. The smallest absolute Gasteiger partial charge is 0.313 e. The van der Waals surface area contributed by atoms with Gasteiger partial charge < -0.3 is 9.84 Å². The number of hydrogen-bond donors (Lipinski definition) is 1. The van der Waals surface area contributed by atoms with E-state index in [-0.39, 0.29) is 0 Å². The fourth-order valence-electron chi connectivity index (χ4n) is 4.24. The average molecular weight is 296 g/mol. The Hall–Kier alpha value is -0.650. The predicted octanol–water partition coefficient (Wildman–Crippen LogP) is 1.43.